The normalized spacial score (nSPS) is 15.4. The van der Waals surface area contributed by atoms with E-state index in [1.807, 2.05) is 10.9 Å². The van der Waals surface area contributed by atoms with Crippen LogP contribution in [0.3, 0.4) is 0 Å². The quantitative estimate of drug-likeness (QED) is 0.753. The van der Waals surface area contributed by atoms with Gasteiger partial charge >= 0.3 is 5.97 Å². The number of carbonyl (C=O) groups is 1. The fourth-order valence-electron chi connectivity index (χ4n) is 3.31. The minimum absolute atomic E-state index is 0.247. The summed E-state index contributed by atoms with van der Waals surface area (Å²) in [5.74, 6) is -0.464. The van der Waals surface area contributed by atoms with Crippen LogP contribution in [0.15, 0.2) is 36.7 Å². The predicted octanol–water partition coefficient (Wildman–Crippen LogP) is 3.77. The summed E-state index contributed by atoms with van der Waals surface area (Å²) in [6.07, 6.45) is 9.62. The molecule has 1 saturated carbocycles. The molecular weight excluding hydrogens is 318 g/mol. The fraction of sp³-hybridized carbons (Fsp3) is 0.333. The maximum absolute atomic E-state index is 10.9. The van der Waals surface area contributed by atoms with Crippen molar-refractivity contribution in [3.63, 3.8) is 0 Å². The average molecular weight is 337 g/mol. The van der Waals surface area contributed by atoms with Gasteiger partial charge in [0, 0.05) is 11.9 Å². The van der Waals surface area contributed by atoms with Crippen LogP contribution in [-0.2, 0) is 0 Å². The Kier molecular flexibility index (Phi) is 4.05. The van der Waals surface area contributed by atoms with Crippen molar-refractivity contribution in [2.75, 3.05) is 5.32 Å². The van der Waals surface area contributed by atoms with Gasteiger partial charge in [-0.25, -0.2) is 14.5 Å². The van der Waals surface area contributed by atoms with E-state index in [1.165, 1.54) is 19.3 Å². The third-order valence-corrected chi connectivity index (χ3v) is 4.64. The van der Waals surface area contributed by atoms with Crippen molar-refractivity contribution < 1.29 is 9.90 Å². The molecule has 1 aliphatic carbocycles. The lowest BCUT2D eigenvalue weighted by Gasteiger charge is -2.22. The number of rotatable bonds is 4. The Labute approximate surface area is 144 Å². The van der Waals surface area contributed by atoms with Gasteiger partial charge in [-0.1, -0.05) is 19.3 Å². The number of nitrogens with zero attached hydrogens (tertiary/aromatic N) is 4. The highest BCUT2D eigenvalue weighted by Gasteiger charge is 2.19. The molecule has 0 saturated heterocycles. The third kappa shape index (κ3) is 3.17. The van der Waals surface area contributed by atoms with E-state index in [2.05, 4.69) is 20.4 Å². The molecule has 7 heteroatoms. The lowest BCUT2D eigenvalue weighted by molar-refractivity contribution is 0.0697. The second-order valence-electron chi connectivity index (χ2n) is 6.36. The van der Waals surface area contributed by atoms with Gasteiger partial charge in [0.1, 0.15) is 0 Å². The monoisotopic (exact) mass is 337 g/mol. The van der Waals surface area contributed by atoms with Crippen molar-refractivity contribution in [2.24, 2.45) is 0 Å². The Morgan fingerprint density at radius 2 is 1.88 bits per heavy atom. The lowest BCUT2D eigenvalue weighted by atomic mass is 9.96. The van der Waals surface area contributed by atoms with Gasteiger partial charge in [0.25, 0.3) is 0 Å². The summed E-state index contributed by atoms with van der Waals surface area (Å²) in [6.45, 7) is 0. The molecule has 0 bridgehead atoms. The minimum Gasteiger partial charge on any atom is -0.478 e. The molecule has 1 aromatic carbocycles. The number of carboxylic acids is 1. The number of hydrogen-bond donors (Lipinski definition) is 2. The number of anilines is 2. The molecule has 1 aliphatic rings. The first-order chi connectivity index (χ1) is 12.2. The minimum atomic E-state index is -0.944. The number of benzene rings is 1. The molecule has 0 unspecified atom stereocenters. The first-order valence-electron chi connectivity index (χ1n) is 8.51. The summed E-state index contributed by atoms with van der Waals surface area (Å²) in [7, 11) is 0. The van der Waals surface area contributed by atoms with Gasteiger partial charge in [-0.15, -0.1) is 0 Å². The number of nitrogens with one attached hydrogen (secondary N) is 1. The SMILES string of the molecule is O=C(O)c1ccc(Nc2ncc3cnn(C4CCCCC4)c3n2)cc1. The number of aromatic carboxylic acids is 1. The standard InChI is InChI=1S/C18H19N5O2/c24-17(25)12-6-8-14(9-7-12)21-18-19-10-13-11-20-23(16(13)22-18)15-4-2-1-3-5-15/h6-11,15H,1-5H2,(H,24,25)(H,19,21,22). The van der Waals surface area contributed by atoms with Crippen molar-refractivity contribution >= 4 is 28.6 Å². The van der Waals surface area contributed by atoms with E-state index >= 15 is 0 Å². The molecule has 0 radical (unpaired) electrons. The van der Waals surface area contributed by atoms with E-state index in [0.29, 0.717) is 12.0 Å². The number of fused-ring (bicyclic) bond motifs is 1. The number of aromatic nitrogens is 4. The molecule has 25 heavy (non-hydrogen) atoms. The summed E-state index contributed by atoms with van der Waals surface area (Å²) in [5, 5.41) is 17.5. The van der Waals surface area contributed by atoms with Crippen molar-refractivity contribution in [1.82, 2.24) is 19.7 Å². The van der Waals surface area contributed by atoms with E-state index in [4.69, 9.17) is 5.11 Å². The summed E-state index contributed by atoms with van der Waals surface area (Å²) in [4.78, 5) is 19.9. The van der Waals surface area contributed by atoms with Crippen molar-refractivity contribution in [1.29, 1.82) is 0 Å². The molecule has 128 valence electrons. The zero-order chi connectivity index (χ0) is 17.2. The Morgan fingerprint density at radius 1 is 1.12 bits per heavy atom. The Bertz CT molecular complexity index is 897. The number of carboxylic acid groups (broad SMARTS) is 1. The van der Waals surface area contributed by atoms with Gasteiger partial charge in [-0.2, -0.15) is 10.1 Å². The van der Waals surface area contributed by atoms with Crippen molar-refractivity contribution in [3.8, 4) is 0 Å². The van der Waals surface area contributed by atoms with Gasteiger partial charge < -0.3 is 10.4 Å². The maximum atomic E-state index is 10.9. The van der Waals surface area contributed by atoms with Crippen molar-refractivity contribution in [2.45, 2.75) is 38.1 Å². The molecule has 0 spiro atoms. The third-order valence-electron chi connectivity index (χ3n) is 4.64. The zero-order valence-corrected chi connectivity index (χ0v) is 13.7. The zero-order valence-electron chi connectivity index (χ0n) is 13.7. The summed E-state index contributed by atoms with van der Waals surface area (Å²) in [5.41, 5.74) is 1.83. The highest BCUT2D eigenvalue weighted by Crippen LogP contribution is 2.30. The van der Waals surface area contributed by atoms with Crippen LogP contribution >= 0.6 is 0 Å². The highest BCUT2D eigenvalue weighted by molar-refractivity contribution is 5.88. The summed E-state index contributed by atoms with van der Waals surface area (Å²) in [6, 6.07) is 6.92. The van der Waals surface area contributed by atoms with Gasteiger partial charge in [0.15, 0.2) is 5.65 Å². The average Bonchev–Trinajstić information content (AvgIpc) is 3.06. The second-order valence-corrected chi connectivity index (χ2v) is 6.36. The van der Waals surface area contributed by atoms with Gasteiger partial charge in [0.2, 0.25) is 5.95 Å². The molecule has 2 aromatic heterocycles. The Balaban J connectivity index is 1.60. The smallest absolute Gasteiger partial charge is 0.335 e. The molecule has 0 atom stereocenters. The predicted molar refractivity (Wildman–Crippen MR) is 94.1 cm³/mol. The molecule has 7 nitrogen and oxygen atoms in total. The molecule has 3 aromatic rings. The van der Waals surface area contributed by atoms with E-state index < -0.39 is 5.97 Å². The first-order valence-corrected chi connectivity index (χ1v) is 8.51. The maximum Gasteiger partial charge on any atom is 0.335 e. The molecular formula is C18H19N5O2. The van der Waals surface area contributed by atoms with Gasteiger partial charge in [-0.05, 0) is 37.1 Å². The van der Waals surface area contributed by atoms with Crippen LogP contribution < -0.4 is 5.32 Å². The number of hydrogen-bond acceptors (Lipinski definition) is 5. The van der Waals surface area contributed by atoms with Crippen molar-refractivity contribution in [3.05, 3.63) is 42.2 Å². The van der Waals surface area contributed by atoms with E-state index in [9.17, 15) is 4.79 Å². The van der Waals surface area contributed by atoms with E-state index in [0.717, 1.165) is 29.6 Å². The van der Waals surface area contributed by atoms with Gasteiger partial charge in [-0.3, -0.25) is 0 Å². The fourth-order valence-corrected chi connectivity index (χ4v) is 3.31. The largest absolute Gasteiger partial charge is 0.478 e. The lowest BCUT2D eigenvalue weighted by Crippen LogP contribution is -2.14. The van der Waals surface area contributed by atoms with Gasteiger partial charge in [0.05, 0.1) is 23.2 Å². The molecule has 0 amide bonds. The molecule has 4 rings (SSSR count). The van der Waals surface area contributed by atoms with E-state index in [1.54, 1.807) is 30.5 Å². The summed E-state index contributed by atoms with van der Waals surface area (Å²) >= 11 is 0. The van der Waals surface area contributed by atoms with Crippen LogP contribution in [0.5, 0.6) is 0 Å². The Hall–Kier alpha value is -2.96. The summed E-state index contributed by atoms with van der Waals surface area (Å²) < 4.78 is 2.02. The van der Waals surface area contributed by atoms with Crippen LogP contribution in [0.2, 0.25) is 0 Å². The molecule has 2 N–H and O–H groups in total. The Morgan fingerprint density at radius 3 is 2.60 bits per heavy atom. The van der Waals surface area contributed by atoms with Crippen LogP contribution in [0, 0.1) is 0 Å². The topological polar surface area (TPSA) is 92.9 Å². The van der Waals surface area contributed by atoms with Crippen LogP contribution in [-0.4, -0.2) is 30.8 Å². The molecule has 2 heterocycles. The van der Waals surface area contributed by atoms with Crippen LogP contribution in [0.1, 0.15) is 48.5 Å². The first kappa shape index (κ1) is 15.6. The van der Waals surface area contributed by atoms with Crippen LogP contribution in [0.4, 0.5) is 11.6 Å². The molecule has 1 fully saturated rings. The second kappa shape index (κ2) is 6.51. The highest BCUT2D eigenvalue weighted by atomic mass is 16.4. The van der Waals surface area contributed by atoms with Crippen LogP contribution in [0.25, 0.3) is 11.0 Å². The molecule has 0 aliphatic heterocycles. The van der Waals surface area contributed by atoms with E-state index in [-0.39, 0.29) is 5.56 Å².